The first-order chi connectivity index (χ1) is 12.7. The van der Waals surface area contributed by atoms with Crippen LogP contribution in [0, 0.1) is 11.3 Å². The lowest BCUT2D eigenvalue weighted by atomic mass is 10.0. The maximum absolute atomic E-state index is 12.4. The molecule has 6 nitrogen and oxygen atoms in total. The number of nitriles is 1. The number of H-pyrrole nitrogens is 1. The molecule has 0 fully saturated rings. The van der Waals surface area contributed by atoms with E-state index >= 15 is 0 Å². The lowest BCUT2D eigenvalue weighted by Gasteiger charge is -2.13. The largest absolute Gasteiger partial charge is 0.329 e. The number of hydrogen-bond donors (Lipinski definition) is 1. The maximum Gasteiger partial charge on any atom is 0.256 e. The average molecular weight is 341 g/mol. The Balaban J connectivity index is 1.76. The van der Waals surface area contributed by atoms with Gasteiger partial charge in [0.2, 0.25) is 0 Å². The van der Waals surface area contributed by atoms with E-state index in [-0.39, 0.29) is 11.6 Å². The van der Waals surface area contributed by atoms with Crippen molar-refractivity contribution in [2.24, 2.45) is 0 Å². The summed E-state index contributed by atoms with van der Waals surface area (Å²) in [7, 11) is 0. The molecular formula is C20H15N5O. The van der Waals surface area contributed by atoms with Crippen molar-refractivity contribution in [3.63, 3.8) is 0 Å². The van der Waals surface area contributed by atoms with Gasteiger partial charge in [-0.1, -0.05) is 6.07 Å². The van der Waals surface area contributed by atoms with Crippen LogP contribution < -0.4 is 5.56 Å². The third-order valence-corrected chi connectivity index (χ3v) is 4.51. The van der Waals surface area contributed by atoms with Crippen LogP contribution in [0.3, 0.4) is 0 Å². The zero-order valence-corrected chi connectivity index (χ0v) is 14.0. The second kappa shape index (κ2) is 6.30. The number of aromatic nitrogens is 4. The summed E-state index contributed by atoms with van der Waals surface area (Å²) in [5.41, 5.74) is 2.59. The third-order valence-electron chi connectivity index (χ3n) is 4.51. The molecule has 1 aromatic carbocycles. The van der Waals surface area contributed by atoms with Crippen molar-refractivity contribution in [1.82, 2.24) is 19.5 Å². The monoisotopic (exact) mass is 341 g/mol. The number of pyridine rings is 2. The van der Waals surface area contributed by atoms with Crippen molar-refractivity contribution in [2.75, 3.05) is 0 Å². The van der Waals surface area contributed by atoms with Crippen LogP contribution in [0.5, 0.6) is 0 Å². The van der Waals surface area contributed by atoms with Crippen molar-refractivity contribution in [1.29, 1.82) is 5.26 Å². The molecule has 0 aliphatic rings. The van der Waals surface area contributed by atoms with Crippen molar-refractivity contribution < 1.29 is 0 Å². The Bertz CT molecular complexity index is 1170. The number of fused-ring (bicyclic) bond motifs is 1. The van der Waals surface area contributed by atoms with Crippen LogP contribution in [-0.4, -0.2) is 19.5 Å². The molecule has 26 heavy (non-hydrogen) atoms. The lowest BCUT2D eigenvalue weighted by Crippen LogP contribution is -2.09. The fourth-order valence-electron chi connectivity index (χ4n) is 3.00. The van der Waals surface area contributed by atoms with Crippen LogP contribution in [0.25, 0.3) is 22.0 Å². The molecule has 0 aliphatic carbocycles. The van der Waals surface area contributed by atoms with Crippen LogP contribution in [0.15, 0.2) is 66.1 Å². The molecule has 0 saturated heterocycles. The minimum atomic E-state index is -0.217. The van der Waals surface area contributed by atoms with Gasteiger partial charge in [0.25, 0.3) is 5.56 Å². The van der Waals surface area contributed by atoms with Gasteiger partial charge in [0, 0.05) is 34.9 Å². The van der Waals surface area contributed by atoms with Gasteiger partial charge in [-0.2, -0.15) is 5.26 Å². The summed E-state index contributed by atoms with van der Waals surface area (Å²) in [6.07, 6.45) is 7.11. The van der Waals surface area contributed by atoms with Gasteiger partial charge in [0.15, 0.2) is 0 Å². The molecule has 1 N–H and O–H groups in total. The molecule has 0 radical (unpaired) electrons. The Morgan fingerprint density at radius 3 is 2.81 bits per heavy atom. The fourth-order valence-corrected chi connectivity index (χ4v) is 3.00. The maximum atomic E-state index is 12.4. The van der Waals surface area contributed by atoms with Gasteiger partial charge in [-0.15, -0.1) is 0 Å². The highest BCUT2D eigenvalue weighted by atomic mass is 16.1. The van der Waals surface area contributed by atoms with E-state index in [0.717, 1.165) is 11.3 Å². The van der Waals surface area contributed by atoms with E-state index in [1.54, 1.807) is 36.9 Å². The van der Waals surface area contributed by atoms with Gasteiger partial charge in [-0.25, -0.2) is 4.98 Å². The van der Waals surface area contributed by atoms with E-state index in [1.165, 1.54) is 0 Å². The van der Waals surface area contributed by atoms with E-state index in [4.69, 9.17) is 0 Å². The first-order valence-corrected chi connectivity index (χ1v) is 8.17. The summed E-state index contributed by atoms with van der Waals surface area (Å²) in [6.45, 7) is 2.04. The van der Waals surface area contributed by atoms with Crippen LogP contribution in [0.1, 0.15) is 24.2 Å². The summed E-state index contributed by atoms with van der Waals surface area (Å²) in [4.78, 5) is 23.8. The minimum absolute atomic E-state index is 0.0624. The van der Waals surface area contributed by atoms with E-state index in [2.05, 4.69) is 21.0 Å². The Labute approximate surface area is 149 Å². The third kappa shape index (κ3) is 2.66. The standard InChI is InChI=1S/C20H15N5O/c1-13(25-8-7-22-12-25)18-6-5-15(11-23-18)19-9-17-14(10-21)3-2-4-16(17)20(26)24-19/h2-9,11-13H,1H3,(H,24,26). The van der Waals surface area contributed by atoms with Gasteiger partial charge in [0.1, 0.15) is 0 Å². The first-order valence-electron chi connectivity index (χ1n) is 8.17. The second-order valence-electron chi connectivity index (χ2n) is 6.05. The Kier molecular flexibility index (Phi) is 3.82. The summed E-state index contributed by atoms with van der Waals surface area (Å²) < 4.78 is 1.97. The molecule has 0 saturated carbocycles. The highest BCUT2D eigenvalue weighted by Gasteiger charge is 2.11. The van der Waals surface area contributed by atoms with Crippen LogP contribution in [-0.2, 0) is 0 Å². The molecule has 3 heterocycles. The molecule has 126 valence electrons. The highest BCUT2D eigenvalue weighted by molar-refractivity contribution is 5.89. The van der Waals surface area contributed by atoms with Crippen molar-refractivity contribution in [3.05, 3.63) is 82.9 Å². The van der Waals surface area contributed by atoms with Crippen molar-refractivity contribution in [2.45, 2.75) is 13.0 Å². The number of rotatable bonds is 3. The zero-order chi connectivity index (χ0) is 18.1. The Hall–Kier alpha value is -3.72. The normalized spacial score (nSPS) is 12.0. The molecule has 1 unspecified atom stereocenters. The number of benzene rings is 1. The van der Waals surface area contributed by atoms with Gasteiger partial charge in [-0.3, -0.25) is 9.78 Å². The summed E-state index contributed by atoms with van der Waals surface area (Å²) in [6, 6.07) is 13.0. The van der Waals surface area contributed by atoms with E-state index < -0.39 is 0 Å². The lowest BCUT2D eigenvalue weighted by molar-refractivity contribution is 0.620. The predicted molar refractivity (Wildman–Crippen MR) is 98.6 cm³/mol. The molecule has 4 aromatic rings. The Morgan fingerprint density at radius 2 is 2.12 bits per heavy atom. The quantitative estimate of drug-likeness (QED) is 0.619. The highest BCUT2D eigenvalue weighted by Crippen LogP contribution is 2.23. The predicted octanol–water partition coefficient (Wildman–Crippen LogP) is 3.27. The van der Waals surface area contributed by atoms with Gasteiger partial charge in [0.05, 0.1) is 35.4 Å². The van der Waals surface area contributed by atoms with E-state index in [0.29, 0.717) is 22.0 Å². The Morgan fingerprint density at radius 1 is 1.23 bits per heavy atom. The molecule has 3 aromatic heterocycles. The SMILES string of the molecule is CC(c1ccc(-c2cc3c(C#N)cccc3c(=O)[nH]2)cn1)n1ccnc1. The molecule has 4 rings (SSSR count). The molecular weight excluding hydrogens is 326 g/mol. The topological polar surface area (TPSA) is 87.4 Å². The number of hydrogen-bond acceptors (Lipinski definition) is 4. The average Bonchev–Trinajstić information content (AvgIpc) is 3.22. The molecule has 0 aliphatic heterocycles. The number of aromatic amines is 1. The molecule has 1 atom stereocenters. The molecule has 0 amide bonds. The smallest absolute Gasteiger partial charge is 0.256 e. The van der Waals surface area contributed by atoms with Crippen molar-refractivity contribution >= 4 is 10.8 Å². The van der Waals surface area contributed by atoms with Gasteiger partial charge in [-0.05, 0) is 37.3 Å². The van der Waals surface area contributed by atoms with Crippen molar-refractivity contribution in [3.8, 4) is 17.3 Å². The van der Waals surface area contributed by atoms with E-state index in [9.17, 15) is 10.1 Å². The van der Waals surface area contributed by atoms with Crippen LogP contribution >= 0.6 is 0 Å². The summed E-state index contributed by atoms with van der Waals surface area (Å²) in [5.74, 6) is 0. The fraction of sp³-hybridized carbons (Fsp3) is 0.100. The van der Waals surface area contributed by atoms with Crippen LogP contribution in [0.4, 0.5) is 0 Å². The van der Waals surface area contributed by atoms with E-state index in [1.807, 2.05) is 35.9 Å². The second-order valence-corrected chi connectivity index (χ2v) is 6.05. The number of nitrogens with one attached hydrogen (secondary N) is 1. The first kappa shape index (κ1) is 15.8. The van der Waals surface area contributed by atoms with Gasteiger partial charge < -0.3 is 9.55 Å². The number of nitrogens with zero attached hydrogens (tertiary/aromatic N) is 4. The molecule has 0 spiro atoms. The minimum Gasteiger partial charge on any atom is -0.329 e. The zero-order valence-electron chi connectivity index (χ0n) is 14.0. The molecule has 0 bridgehead atoms. The van der Waals surface area contributed by atoms with Crippen LogP contribution in [0.2, 0.25) is 0 Å². The summed E-state index contributed by atoms with van der Waals surface area (Å²) in [5, 5.41) is 10.4. The number of imidazole rings is 1. The van der Waals surface area contributed by atoms with Gasteiger partial charge >= 0.3 is 0 Å². The molecule has 6 heteroatoms. The summed E-state index contributed by atoms with van der Waals surface area (Å²) >= 11 is 0.